The Morgan fingerprint density at radius 1 is 1.53 bits per heavy atom. The fourth-order valence-electron chi connectivity index (χ4n) is 1.61. The van der Waals surface area contributed by atoms with Crippen molar-refractivity contribution in [1.82, 2.24) is 15.5 Å². The van der Waals surface area contributed by atoms with Gasteiger partial charge in [-0.1, -0.05) is 5.92 Å². The zero-order chi connectivity index (χ0) is 13.4. The minimum atomic E-state index is 0. The lowest BCUT2D eigenvalue weighted by Crippen LogP contribution is -2.41. The van der Waals surface area contributed by atoms with Gasteiger partial charge in [-0.3, -0.25) is 4.99 Å². The van der Waals surface area contributed by atoms with Crippen molar-refractivity contribution in [3.8, 4) is 12.3 Å². The quantitative estimate of drug-likeness (QED) is 0.347. The molecule has 1 rings (SSSR count). The van der Waals surface area contributed by atoms with Gasteiger partial charge in [-0.25, -0.2) is 0 Å². The summed E-state index contributed by atoms with van der Waals surface area (Å²) < 4.78 is 0. The van der Waals surface area contributed by atoms with Crippen molar-refractivity contribution in [3.05, 3.63) is 22.4 Å². The third kappa shape index (κ3) is 6.27. The number of guanidine groups is 1. The third-order valence-electron chi connectivity index (χ3n) is 2.60. The maximum absolute atomic E-state index is 5.21. The largest absolute Gasteiger partial charge is 0.354 e. The lowest BCUT2D eigenvalue weighted by Gasteiger charge is -2.24. The Bertz CT molecular complexity index is 409. The average Bonchev–Trinajstić information content (AvgIpc) is 2.86. The zero-order valence-corrected chi connectivity index (χ0v) is 14.7. The maximum Gasteiger partial charge on any atom is 0.191 e. The molecule has 0 radical (unpaired) electrons. The van der Waals surface area contributed by atoms with Crippen LogP contribution in [0.3, 0.4) is 0 Å². The summed E-state index contributed by atoms with van der Waals surface area (Å²) in [4.78, 5) is 6.31. The SMILES string of the molecule is C#CCNC(=NC)NCC(c1ccsc1)N(C)C.I. The Morgan fingerprint density at radius 2 is 2.26 bits per heavy atom. The van der Waals surface area contributed by atoms with Gasteiger partial charge in [-0.05, 0) is 36.5 Å². The van der Waals surface area contributed by atoms with Gasteiger partial charge in [0.05, 0.1) is 12.6 Å². The Kier molecular flexibility index (Phi) is 9.65. The fourth-order valence-corrected chi connectivity index (χ4v) is 2.32. The molecule has 6 heteroatoms. The van der Waals surface area contributed by atoms with E-state index < -0.39 is 0 Å². The molecule has 0 aliphatic heterocycles. The van der Waals surface area contributed by atoms with Gasteiger partial charge in [-0.2, -0.15) is 11.3 Å². The highest BCUT2D eigenvalue weighted by molar-refractivity contribution is 14.0. The van der Waals surface area contributed by atoms with Gasteiger partial charge >= 0.3 is 0 Å². The second-order valence-corrected chi connectivity index (χ2v) is 4.83. The van der Waals surface area contributed by atoms with Crippen LogP contribution in [0.5, 0.6) is 0 Å². The minimum absolute atomic E-state index is 0. The third-order valence-corrected chi connectivity index (χ3v) is 3.30. The average molecular weight is 392 g/mol. The van der Waals surface area contributed by atoms with E-state index in [0.717, 1.165) is 12.5 Å². The summed E-state index contributed by atoms with van der Waals surface area (Å²) in [6, 6.07) is 2.47. The predicted molar refractivity (Wildman–Crippen MR) is 94.4 cm³/mol. The van der Waals surface area contributed by atoms with Crippen LogP contribution in [0.2, 0.25) is 0 Å². The second kappa shape index (κ2) is 10.1. The summed E-state index contributed by atoms with van der Waals surface area (Å²) in [5.74, 6) is 3.26. The van der Waals surface area contributed by atoms with E-state index in [-0.39, 0.29) is 24.0 Å². The van der Waals surface area contributed by atoms with Crippen LogP contribution in [0.15, 0.2) is 21.8 Å². The maximum atomic E-state index is 5.21. The van der Waals surface area contributed by atoms with Crippen molar-refractivity contribution in [2.75, 3.05) is 34.2 Å². The van der Waals surface area contributed by atoms with Crippen LogP contribution >= 0.6 is 35.3 Å². The van der Waals surface area contributed by atoms with E-state index in [0.29, 0.717) is 12.6 Å². The Morgan fingerprint density at radius 3 is 2.74 bits per heavy atom. The first-order valence-corrected chi connectivity index (χ1v) is 6.69. The van der Waals surface area contributed by atoms with E-state index in [4.69, 9.17) is 6.42 Å². The molecule has 0 spiro atoms. The van der Waals surface area contributed by atoms with Crippen molar-refractivity contribution in [2.45, 2.75) is 6.04 Å². The lowest BCUT2D eigenvalue weighted by atomic mass is 10.1. The van der Waals surface area contributed by atoms with E-state index in [2.05, 4.69) is 57.4 Å². The number of rotatable bonds is 5. The van der Waals surface area contributed by atoms with E-state index in [9.17, 15) is 0 Å². The Balaban J connectivity index is 0.00000324. The number of hydrogen-bond donors (Lipinski definition) is 2. The number of terminal acetylenes is 1. The van der Waals surface area contributed by atoms with E-state index in [1.165, 1.54) is 5.56 Å². The van der Waals surface area contributed by atoms with Gasteiger partial charge in [-0.15, -0.1) is 30.4 Å². The summed E-state index contributed by atoms with van der Waals surface area (Å²) in [7, 11) is 5.88. The molecule has 0 saturated carbocycles. The highest BCUT2D eigenvalue weighted by atomic mass is 127. The zero-order valence-electron chi connectivity index (χ0n) is 11.5. The molecule has 19 heavy (non-hydrogen) atoms. The first kappa shape index (κ1) is 18.2. The van der Waals surface area contributed by atoms with Crippen molar-refractivity contribution in [1.29, 1.82) is 0 Å². The minimum Gasteiger partial charge on any atom is -0.354 e. The molecule has 0 saturated heterocycles. The van der Waals surface area contributed by atoms with Gasteiger partial charge in [0, 0.05) is 13.6 Å². The molecule has 1 unspecified atom stereocenters. The number of hydrogen-bond acceptors (Lipinski definition) is 3. The van der Waals surface area contributed by atoms with Gasteiger partial charge < -0.3 is 15.5 Å². The molecule has 1 aromatic rings. The Labute approximate surface area is 136 Å². The molecule has 4 nitrogen and oxygen atoms in total. The van der Waals surface area contributed by atoms with Gasteiger partial charge in [0.1, 0.15) is 0 Å². The molecule has 106 valence electrons. The molecule has 0 fully saturated rings. The van der Waals surface area contributed by atoms with Crippen LogP contribution in [-0.2, 0) is 0 Å². The van der Waals surface area contributed by atoms with Crippen LogP contribution in [-0.4, -0.2) is 45.1 Å². The van der Waals surface area contributed by atoms with Crippen LogP contribution in [0.1, 0.15) is 11.6 Å². The summed E-state index contributed by atoms with van der Waals surface area (Å²) in [5, 5.41) is 10.6. The van der Waals surface area contributed by atoms with Crippen molar-refractivity contribution in [3.63, 3.8) is 0 Å². The molecule has 1 heterocycles. The lowest BCUT2D eigenvalue weighted by molar-refractivity contribution is 0.299. The standard InChI is InChI=1S/C13H20N4S.HI/c1-5-7-15-13(14-2)16-9-12(17(3)4)11-6-8-18-10-11;/h1,6,8,10,12H,7,9H2,2-4H3,(H2,14,15,16);1H. The first-order valence-electron chi connectivity index (χ1n) is 5.75. The van der Waals surface area contributed by atoms with E-state index in [1.54, 1.807) is 18.4 Å². The molecule has 0 aromatic carbocycles. The van der Waals surface area contributed by atoms with Gasteiger partial charge in [0.15, 0.2) is 5.96 Å². The molecule has 0 aliphatic rings. The number of halogens is 1. The molecule has 1 atom stereocenters. The summed E-state index contributed by atoms with van der Waals surface area (Å²) in [6.07, 6.45) is 5.21. The van der Waals surface area contributed by atoms with E-state index >= 15 is 0 Å². The number of aliphatic imine (C=N–C) groups is 1. The molecule has 1 aromatic heterocycles. The van der Waals surface area contributed by atoms with Crippen LogP contribution in [0.4, 0.5) is 0 Å². The second-order valence-electron chi connectivity index (χ2n) is 4.05. The van der Waals surface area contributed by atoms with Crippen molar-refractivity contribution in [2.24, 2.45) is 4.99 Å². The summed E-state index contributed by atoms with van der Waals surface area (Å²) in [5.41, 5.74) is 1.31. The van der Waals surface area contributed by atoms with E-state index in [1.807, 2.05) is 0 Å². The van der Waals surface area contributed by atoms with Gasteiger partial charge in [0.25, 0.3) is 0 Å². The molecule has 0 amide bonds. The van der Waals surface area contributed by atoms with Crippen molar-refractivity contribution >= 4 is 41.3 Å². The normalized spacial score (nSPS) is 12.5. The smallest absolute Gasteiger partial charge is 0.191 e. The summed E-state index contributed by atoms with van der Waals surface area (Å²) >= 11 is 1.71. The number of nitrogens with zero attached hydrogens (tertiary/aromatic N) is 2. The topological polar surface area (TPSA) is 39.7 Å². The Hall–Kier alpha value is -0.780. The molecule has 2 N–H and O–H groups in total. The number of likely N-dealkylation sites (N-methyl/N-ethyl adjacent to an activating group) is 1. The predicted octanol–water partition coefficient (Wildman–Crippen LogP) is 1.77. The highest BCUT2D eigenvalue weighted by Crippen LogP contribution is 2.19. The van der Waals surface area contributed by atoms with Crippen LogP contribution < -0.4 is 10.6 Å². The van der Waals surface area contributed by atoms with Gasteiger partial charge in [0.2, 0.25) is 0 Å². The molecular weight excluding hydrogens is 371 g/mol. The molecule has 0 bridgehead atoms. The summed E-state index contributed by atoms with van der Waals surface area (Å²) in [6.45, 7) is 1.26. The highest BCUT2D eigenvalue weighted by Gasteiger charge is 2.14. The monoisotopic (exact) mass is 392 g/mol. The first-order chi connectivity index (χ1) is 8.69. The van der Waals surface area contributed by atoms with Crippen LogP contribution in [0.25, 0.3) is 0 Å². The number of thiophene rings is 1. The molecular formula is C13H21IN4S. The van der Waals surface area contributed by atoms with Crippen LogP contribution in [0, 0.1) is 12.3 Å². The van der Waals surface area contributed by atoms with Crippen molar-refractivity contribution < 1.29 is 0 Å². The molecule has 0 aliphatic carbocycles. The number of nitrogens with one attached hydrogen (secondary N) is 2. The fraction of sp³-hybridized carbons (Fsp3) is 0.462.